The largest absolute Gasteiger partial charge is 3.00 e. The van der Waals surface area contributed by atoms with Crippen LogP contribution in [-0.4, -0.2) is 50.4 Å². The molecule has 1 radical (unpaired) electrons. The number of hydrogen-bond acceptors (Lipinski definition) is 4. The molecule has 0 saturated heterocycles. The van der Waals surface area contributed by atoms with Gasteiger partial charge in [-0.15, -0.1) is 0 Å². The molecule has 13 heteroatoms. The fraction of sp³-hybridized carbons (Fsp3) is 0. The molecule has 0 rings (SSSR count). The molecule has 0 bridgehead atoms. The van der Waals surface area contributed by atoms with Crippen LogP contribution in [0.3, 0.4) is 0 Å². The van der Waals surface area contributed by atoms with Crippen molar-refractivity contribution >= 4 is 10.4 Å². The maximum absolute atomic E-state index is 8.52. The quantitative estimate of drug-likeness (QED) is 0.310. The molecule has 0 fully saturated rings. The summed E-state index contributed by atoms with van der Waals surface area (Å²) in [6, 6.07) is 0. The Kier molecular flexibility index (Phi) is 318. The molecule has 0 aliphatic heterocycles. The Labute approximate surface area is 90.9 Å². The molecule has 0 atom stereocenters. The van der Waals surface area contributed by atoms with Gasteiger partial charge in [-0.2, -0.15) is 0 Å². The van der Waals surface area contributed by atoms with Gasteiger partial charge < -0.3 is 54.4 Å². The molecule has 0 heterocycles. The van der Waals surface area contributed by atoms with Gasteiger partial charge in [-0.25, -0.2) is 0 Å². The predicted octanol–water partition coefficient (Wildman–Crippen LogP) is -9.28. The summed E-state index contributed by atoms with van der Waals surface area (Å²) in [4.78, 5) is 0. The van der Waals surface area contributed by atoms with Gasteiger partial charge in [-0.3, -0.25) is 8.42 Å². The van der Waals surface area contributed by atoms with Crippen LogP contribution in [0.15, 0.2) is 0 Å². The second-order valence-corrected chi connectivity index (χ2v) is 1.22. The van der Waals surface area contributed by atoms with Gasteiger partial charge in [0.25, 0.3) is 0 Å². The summed E-state index contributed by atoms with van der Waals surface area (Å²) in [5.41, 5.74) is 0. The average molecular weight is 292 g/mol. The van der Waals surface area contributed by atoms with E-state index in [4.69, 9.17) is 17.5 Å². The van der Waals surface area contributed by atoms with Crippen molar-refractivity contribution in [1.82, 2.24) is 0 Å². The van der Waals surface area contributed by atoms with Crippen LogP contribution in [-0.2, 0) is 27.8 Å². The minimum absolute atomic E-state index is 0. The Bertz CT molecular complexity index is 98.1. The van der Waals surface area contributed by atoms with Gasteiger partial charge in [0.05, 0.1) is 0 Å². The summed E-state index contributed by atoms with van der Waals surface area (Å²) in [6.45, 7) is 0. The average Bonchev–Trinajstić information content (AvgIpc) is 0.722. The van der Waals surface area contributed by atoms with Crippen molar-refractivity contribution in [1.29, 1.82) is 0 Å². The third-order valence-corrected chi connectivity index (χ3v) is 0. The molecule has 0 aliphatic carbocycles. The first kappa shape index (κ1) is 105. The van der Waals surface area contributed by atoms with E-state index in [0.717, 1.165) is 0 Å². The number of rotatable bonds is 0. The maximum Gasteiger partial charge on any atom is 3.00 e. The third kappa shape index (κ3) is 6650. The molecule has 0 aromatic carbocycles. The molecule has 0 saturated carbocycles. The van der Waals surface area contributed by atoms with E-state index in [2.05, 4.69) is 0 Å². The molecular formula is H12ClCrO10S. The number of halogens is 1. The molecular weight excluding hydrogens is 280 g/mol. The van der Waals surface area contributed by atoms with Crippen molar-refractivity contribution in [2.45, 2.75) is 0 Å². The molecule has 13 heavy (non-hydrogen) atoms. The van der Waals surface area contributed by atoms with Crippen molar-refractivity contribution in [2.24, 2.45) is 0 Å². The van der Waals surface area contributed by atoms with Crippen molar-refractivity contribution < 1.29 is 80.1 Å². The summed E-state index contributed by atoms with van der Waals surface area (Å²) in [5.74, 6) is 0. The van der Waals surface area contributed by atoms with Crippen LogP contribution in [0.5, 0.6) is 0 Å². The smallest absolute Gasteiger partial charge is 1.00 e. The van der Waals surface area contributed by atoms with E-state index < -0.39 is 10.4 Å². The van der Waals surface area contributed by atoms with Gasteiger partial charge in [0.15, 0.2) is 0 Å². The van der Waals surface area contributed by atoms with Gasteiger partial charge in [0, 0.05) is 10.4 Å². The van der Waals surface area contributed by atoms with Crippen LogP contribution in [0, 0.1) is 0 Å². The van der Waals surface area contributed by atoms with Gasteiger partial charge >= 0.3 is 17.4 Å². The van der Waals surface area contributed by atoms with Crippen molar-refractivity contribution in [3.63, 3.8) is 0 Å². The summed E-state index contributed by atoms with van der Waals surface area (Å²) in [7, 11) is -5.17. The zero-order valence-corrected chi connectivity index (χ0v) is 8.67. The van der Waals surface area contributed by atoms with E-state index in [1.807, 2.05) is 0 Å². The molecule has 10 nitrogen and oxygen atoms in total. The van der Waals surface area contributed by atoms with Gasteiger partial charge in [0.2, 0.25) is 0 Å². The molecule has 0 aliphatic rings. The Balaban J connectivity index is -0.00000000286. The van der Waals surface area contributed by atoms with E-state index >= 15 is 0 Å². The summed E-state index contributed by atoms with van der Waals surface area (Å²) < 4.78 is 34.1. The van der Waals surface area contributed by atoms with Crippen LogP contribution in [0.2, 0.25) is 0 Å². The summed E-state index contributed by atoms with van der Waals surface area (Å²) in [6.07, 6.45) is 0. The molecule has 0 spiro atoms. The summed E-state index contributed by atoms with van der Waals surface area (Å²) in [5, 5.41) is 0. The molecule has 0 aromatic rings. The van der Waals surface area contributed by atoms with Crippen LogP contribution in [0.25, 0.3) is 0 Å². The van der Waals surface area contributed by atoms with E-state index in [9.17, 15) is 0 Å². The minimum atomic E-state index is -5.17. The van der Waals surface area contributed by atoms with E-state index in [0.29, 0.717) is 0 Å². The topological polar surface area (TPSA) is 269 Å². The van der Waals surface area contributed by atoms with Crippen LogP contribution >= 0.6 is 0 Å². The first-order chi connectivity index (χ1) is 2.00. The molecule has 91 valence electrons. The second-order valence-electron chi connectivity index (χ2n) is 0.408. The van der Waals surface area contributed by atoms with Crippen molar-refractivity contribution in [2.75, 3.05) is 0 Å². The third-order valence-electron chi connectivity index (χ3n) is 0. The Morgan fingerprint density at radius 2 is 0.692 bits per heavy atom. The van der Waals surface area contributed by atoms with Crippen molar-refractivity contribution in [3.05, 3.63) is 0 Å². The standard InChI is InChI=1S/ClH.Cr.H2O4S.6H2O/c;;1-5(2,3)4;;;;;;/h1H;;(H2,1,2,3,4);6*1H2/q;+3;;;;;;;/p-3. The van der Waals surface area contributed by atoms with E-state index in [1.54, 1.807) is 0 Å². The monoisotopic (exact) mass is 291 g/mol. The molecule has 0 aromatic heterocycles. The fourth-order valence-electron chi connectivity index (χ4n) is 0. The normalized spacial score (nSPS) is 4.46. The van der Waals surface area contributed by atoms with Gasteiger partial charge in [0.1, 0.15) is 0 Å². The summed E-state index contributed by atoms with van der Waals surface area (Å²) >= 11 is 0. The first-order valence-corrected chi connectivity index (χ1v) is 2.00. The fourth-order valence-corrected chi connectivity index (χ4v) is 0. The Morgan fingerprint density at radius 1 is 0.692 bits per heavy atom. The van der Waals surface area contributed by atoms with Crippen LogP contribution in [0.4, 0.5) is 0 Å². The Hall–Kier alpha value is 0.452. The SMILES string of the molecule is O.O.O.O.O.O.O=S(=O)([O-])[O-].[Cl-].[Cr+3]. The van der Waals surface area contributed by atoms with E-state index in [-0.39, 0.29) is 62.6 Å². The first-order valence-electron chi connectivity index (χ1n) is 0.667. The van der Waals surface area contributed by atoms with Crippen molar-refractivity contribution in [3.8, 4) is 0 Å². The predicted molar refractivity (Wildman–Crippen MR) is 32.2 cm³/mol. The minimum Gasteiger partial charge on any atom is -1.00 e. The van der Waals surface area contributed by atoms with Crippen LogP contribution < -0.4 is 12.4 Å². The Morgan fingerprint density at radius 3 is 0.692 bits per heavy atom. The zero-order chi connectivity index (χ0) is 4.50. The van der Waals surface area contributed by atoms with Gasteiger partial charge in [-0.1, -0.05) is 0 Å². The van der Waals surface area contributed by atoms with Crippen LogP contribution in [0.1, 0.15) is 0 Å². The molecule has 0 amide bonds. The molecule has 0 unspecified atom stereocenters. The number of hydrogen-bond donors (Lipinski definition) is 0. The van der Waals surface area contributed by atoms with Gasteiger partial charge in [-0.05, 0) is 0 Å². The molecule has 12 N–H and O–H groups in total. The second kappa shape index (κ2) is 39.2. The zero-order valence-electron chi connectivity index (χ0n) is 5.83. The van der Waals surface area contributed by atoms with E-state index in [1.165, 1.54) is 0 Å². The maximum atomic E-state index is 8.52.